The van der Waals surface area contributed by atoms with E-state index in [2.05, 4.69) is 29.5 Å². The fourth-order valence-corrected chi connectivity index (χ4v) is 2.63. The van der Waals surface area contributed by atoms with Crippen LogP contribution in [0.2, 0.25) is 0 Å². The molecule has 2 N–H and O–H groups in total. The first kappa shape index (κ1) is 15.8. The van der Waals surface area contributed by atoms with Crippen LogP contribution in [0, 0.1) is 0 Å². The largest absolute Gasteiger partial charge is 0.375 e. The van der Waals surface area contributed by atoms with Crippen LogP contribution in [0.25, 0.3) is 0 Å². The molecule has 1 aliphatic rings. The molecule has 0 aliphatic carbocycles. The summed E-state index contributed by atoms with van der Waals surface area (Å²) in [7, 11) is 2.10. The smallest absolute Gasteiger partial charge is 0.251 e. The Morgan fingerprint density at radius 2 is 1.95 bits per heavy atom. The molecule has 4 heteroatoms. The highest BCUT2D eigenvalue weighted by Gasteiger charge is 2.16. The van der Waals surface area contributed by atoms with E-state index in [4.69, 9.17) is 0 Å². The summed E-state index contributed by atoms with van der Waals surface area (Å²) in [6.07, 6.45) is 4.42. The Bertz CT molecular complexity index is 438. The lowest BCUT2D eigenvalue weighted by molar-refractivity contribution is 0.0929. The molecular weight excluding hydrogens is 262 g/mol. The van der Waals surface area contributed by atoms with Crippen LogP contribution in [0.1, 0.15) is 43.0 Å². The predicted octanol–water partition coefficient (Wildman–Crippen LogP) is 2.40. The summed E-state index contributed by atoms with van der Waals surface area (Å²) < 4.78 is 0. The van der Waals surface area contributed by atoms with E-state index in [-0.39, 0.29) is 5.91 Å². The molecule has 1 amide bonds. The fourth-order valence-electron chi connectivity index (χ4n) is 2.63. The highest BCUT2D eigenvalue weighted by molar-refractivity contribution is 5.94. The number of hydrogen-bond acceptors (Lipinski definition) is 3. The van der Waals surface area contributed by atoms with E-state index in [1.165, 1.54) is 18.5 Å². The first-order chi connectivity index (χ1) is 10.2. The number of carbonyl (C=O) groups is 1. The molecule has 0 aromatic heterocycles. The quantitative estimate of drug-likeness (QED) is 0.845. The minimum absolute atomic E-state index is 0.0460. The Kier molecular flexibility index (Phi) is 6.05. The van der Waals surface area contributed by atoms with Gasteiger partial charge in [0.15, 0.2) is 0 Å². The highest BCUT2D eigenvalue weighted by Crippen LogP contribution is 2.15. The predicted molar refractivity (Wildman–Crippen MR) is 88.0 cm³/mol. The molecule has 0 unspecified atom stereocenters. The molecule has 1 fully saturated rings. The molecule has 1 saturated heterocycles. The maximum atomic E-state index is 12.2. The lowest BCUT2D eigenvalue weighted by Gasteiger charge is -2.24. The number of anilines is 1. The van der Waals surface area contributed by atoms with Gasteiger partial charge in [0.1, 0.15) is 0 Å². The van der Waals surface area contributed by atoms with Crippen molar-refractivity contribution in [3.8, 4) is 0 Å². The van der Waals surface area contributed by atoms with Crippen molar-refractivity contribution in [2.45, 2.75) is 38.6 Å². The third kappa shape index (κ3) is 4.74. The number of hydrogen-bond donors (Lipinski definition) is 2. The van der Waals surface area contributed by atoms with E-state index in [1.807, 2.05) is 24.3 Å². The molecule has 116 valence electrons. The Hall–Kier alpha value is -1.55. The molecule has 0 bridgehead atoms. The van der Waals surface area contributed by atoms with Crippen molar-refractivity contribution in [1.82, 2.24) is 10.6 Å². The molecular formula is C17H27N3O. The topological polar surface area (TPSA) is 44.4 Å². The second-order valence-electron chi connectivity index (χ2n) is 5.82. The Morgan fingerprint density at radius 1 is 1.29 bits per heavy atom. The summed E-state index contributed by atoms with van der Waals surface area (Å²) in [5.41, 5.74) is 1.92. The second-order valence-corrected chi connectivity index (χ2v) is 5.82. The van der Waals surface area contributed by atoms with Crippen molar-refractivity contribution in [3.63, 3.8) is 0 Å². The van der Waals surface area contributed by atoms with E-state index in [0.29, 0.717) is 6.04 Å². The van der Waals surface area contributed by atoms with Crippen LogP contribution < -0.4 is 15.5 Å². The van der Waals surface area contributed by atoms with Crippen molar-refractivity contribution >= 4 is 11.6 Å². The van der Waals surface area contributed by atoms with E-state index in [0.717, 1.165) is 38.0 Å². The molecule has 1 aliphatic heterocycles. The average Bonchev–Trinajstić information content (AvgIpc) is 2.53. The lowest BCUT2D eigenvalue weighted by Crippen LogP contribution is -2.42. The van der Waals surface area contributed by atoms with Gasteiger partial charge in [-0.1, -0.05) is 13.3 Å². The second kappa shape index (κ2) is 8.03. The van der Waals surface area contributed by atoms with Crippen LogP contribution in [-0.4, -0.2) is 38.6 Å². The lowest BCUT2D eigenvalue weighted by atomic mass is 10.1. The van der Waals surface area contributed by atoms with Gasteiger partial charge >= 0.3 is 0 Å². The number of rotatable bonds is 6. The molecule has 4 nitrogen and oxygen atoms in total. The Labute approximate surface area is 127 Å². The molecule has 21 heavy (non-hydrogen) atoms. The number of benzene rings is 1. The van der Waals surface area contributed by atoms with E-state index >= 15 is 0 Å². The van der Waals surface area contributed by atoms with Gasteiger partial charge in [-0.05, 0) is 56.6 Å². The van der Waals surface area contributed by atoms with Crippen molar-refractivity contribution in [3.05, 3.63) is 29.8 Å². The van der Waals surface area contributed by atoms with Crippen LogP contribution >= 0.6 is 0 Å². The average molecular weight is 289 g/mol. The zero-order chi connectivity index (χ0) is 15.1. The number of nitrogens with one attached hydrogen (secondary N) is 2. The SMILES string of the molecule is CCCCN(C)c1ccc(C(=O)NC2CCNCC2)cc1. The third-order valence-corrected chi connectivity index (χ3v) is 4.09. The van der Waals surface area contributed by atoms with Gasteiger partial charge in [-0.2, -0.15) is 0 Å². The summed E-state index contributed by atoms with van der Waals surface area (Å²) in [4.78, 5) is 14.5. The molecule has 0 radical (unpaired) electrons. The maximum absolute atomic E-state index is 12.2. The fraction of sp³-hybridized carbons (Fsp3) is 0.588. The number of carbonyl (C=O) groups excluding carboxylic acids is 1. The third-order valence-electron chi connectivity index (χ3n) is 4.09. The number of unbranched alkanes of at least 4 members (excludes halogenated alkanes) is 1. The summed E-state index contributed by atoms with van der Waals surface area (Å²) in [6, 6.07) is 8.23. The monoisotopic (exact) mass is 289 g/mol. The first-order valence-electron chi connectivity index (χ1n) is 8.03. The van der Waals surface area contributed by atoms with E-state index < -0.39 is 0 Å². The number of amides is 1. The normalized spacial score (nSPS) is 15.7. The van der Waals surface area contributed by atoms with Crippen molar-refractivity contribution in [2.75, 3.05) is 31.6 Å². The summed E-state index contributed by atoms with van der Waals surface area (Å²) >= 11 is 0. The maximum Gasteiger partial charge on any atom is 0.251 e. The molecule has 1 aromatic rings. The Morgan fingerprint density at radius 3 is 2.57 bits per heavy atom. The first-order valence-corrected chi connectivity index (χ1v) is 8.03. The van der Waals surface area contributed by atoms with Gasteiger partial charge in [0.05, 0.1) is 0 Å². The number of nitrogens with zero attached hydrogens (tertiary/aromatic N) is 1. The van der Waals surface area contributed by atoms with Gasteiger partial charge in [-0.3, -0.25) is 4.79 Å². The van der Waals surface area contributed by atoms with Crippen LogP contribution in [-0.2, 0) is 0 Å². The summed E-state index contributed by atoms with van der Waals surface area (Å²) in [5, 5.41) is 6.43. The van der Waals surface area contributed by atoms with Gasteiger partial charge in [0.25, 0.3) is 5.91 Å². The zero-order valence-electron chi connectivity index (χ0n) is 13.2. The van der Waals surface area contributed by atoms with Crippen LogP contribution in [0.5, 0.6) is 0 Å². The molecule has 1 aromatic carbocycles. The molecule has 1 heterocycles. The molecule has 0 saturated carbocycles. The van der Waals surface area contributed by atoms with Crippen LogP contribution in [0.3, 0.4) is 0 Å². The Balaban J connectivity index is 1.89. The van der Waals surface area contributed by atoms with Gasteiger partial charge < -0.3 is 15.5 Å². The van der Waals surface area contributed by atoms with Gasteiger partial charge in [0.2, 0.25) is 0 Å². The summed E-state index contributed by atoms with van der Waals surface area (Å²) in [6.45, 7) is 5.23. The van der Waals surface area contributed by atoms with Crippen molar-refractivity contribution in [2.24, 2.45) is 0 Å². The van der Waals surface area contributed by atoms with Crippen LogP contribution in [0.4, 0.5) is 5.69 Å². The zero-order valence-corrected chi connectivity index (χ0v) is 13.2. The molecule has 2 rings (SSSR count). The van der Waals surface area contributed by atoms with Gasteiger partial charge in [0, 0.05) is 30.9 Å². The van der Waals surface area contributed by atoms with Crippen molar-refractivity contribution < 1.29 is 4.79 Å². The van der Waals surface area contributed by atoms with Gasteiger partial charge in [-0.25, -0.2) is 0 Å². The van der Waals surface area contributed by atoms with Crippen molar-refractivity contribution in [1.29, 1.82) is 0 Å². The van der Waals surface area contributed by atoms with E-state index in [1.54, 1.807) is 0 Å². The van der Waals surface area contributed by atoms with Gasteiger partial charge in [-0.15, -0.1) is 0 Å². The minimum atomic E-state index is 0.0460. The molecule has 0 atom stereocenters. The highest BCUT2D eigenvalue weighted by atomic mass is 16.1. The standard InChI is InChI=1S/C17H27N3O/c1-3-4-13-20(2)16-7-5-14(6-8-16)17(21)19-15-9-11-18-12-10-15/h5-8,15,18H,3-4,9-13H2,1-2H3,(H,19,21). The minimum Gasteiger partial charge on any atom is -0.375 e. The summed E-state index contributed by atoms with van der Waals surface area (Å²) in [5.74, 6) is 0.0460. The van der Waals surface area contributed by atoms with E-state index in [9.17, 15) is 4.79 Å². The number of piperidine rings is 1. The van der Waals surface area contributed by atoms with Crippen LogP contribution in [0.15, 0.2) is 24.3 Å². The molecule has 0 spiro atoms.